The van der Waals surface area contributed by atoms with E-state index in [1.807, 2.05) is 38.1 Å². The summed E-state index contributed by atoms with van der Waals surface area (Å²) < 4.78 is 0. The van der Waals surface area contributed by atoms with Gasteiger partial charge in [0.2, 0.25) is 11.8 Å². The van der Waals surface area contributed by atoms with Crippen LogP contribution in [0.15, 0.2) is 24.3 Å². The standard InChI is InChI=1S/C16H22N2O2/c1-11(2)17-16(20)12(3)18-14-9-5-4-7-13(14)8-6-10-15(18)19/h4-5,7,9,11-12H,6,8,10H2,1-3H3,(H,17,20)/t12-/m1/s1. The third-order valence-electron chi connectivity index (χ3n) is 3.55. The van der Waals surface area contributed by atoms with Crippen LogP contribution in [0.5, 0.6) is 0 Å². The van der Waals surface area contributed by atoms with Crippen molar-refractivity contribution in [3.05, 3.63) is 29.8 Å². The van der Waals surface area contributed by atoms with Gasteiger partial charge in [0.05, 0.1) is 0 Å². The van der Waals surface area contributed by atoms with E-state index in [0.29, 0.717) is 6.42 Å². The highest BCUT2D eigenvalue weighted by molar-refractivity contribution is 6.01. The van der Waals surface area contributed by atoms with Gasteiger partial charge in [0.1, 0.15) is 6.04 Å². The second kappa shape index (κ2) is 6.07. The molecule has 0 aliphatic carbocycles. The van der Waals surface area contributed by atoms with Gasteiger partial charge in [-0.15, -0.1) is 0 Å². The molecule has 1 atom stereocenters. The molecule has 2 amide bonds. The molecule has 0 radical (unpaired) electrons. The lowest BCUT2D eigenvalue weighted by molar-refractivity contribution is -0.126. The maximum atomic E-state index is 12.4. The van der Waals surface area contributed by atoms with Gasteiger partial charge >= 0.3 is 0 Å². The molecule has 0 spiro atoms. The largest absolute Gasteiger partial charge is 0.352 e. The first-order chi connectivity index (χ1) is 9.50. The number of para-hydroxylation sites is 1. The van der Waals surface area contributed by atoms with Gasteiger partial charge < -0.3 is 5.32 Å². The number of hydrogen-bond acceptors (Lipinski definition) is 2. The summed E-state index contributed by atoms with van der Waals surface area (Å²) in [6.45, 7) is 5.63. The lowest BCUT2D eigenvalue weighted by Crippen LogP contribution is -2.49. The first-order valence-electron chi connectivity index (χ1n) is 7.21. The minimum absolute atomic E-state index is 0.0290. The summed E-state index contributed by atoms with van der Waals surface area (Å²) in [5, 5.41) is 2.88. The van der Waals surface area contributed by atoms with Gasteiger partial charge in [-0.05, 0) is 45.2 Å². The molecule has 2 rings (SSSR count). The lowest BCUT2D eigenvalue weighted by Gasteiger charge is -2.29. The van der Waals surface area contributed by atoms with Gasteiger partial charge in [0.15, 0.2) is 0 Å². The minimum atomic E-state index is -0.482. The first-order valence-corrected chi connectivity index (χ1v) is 7.21. The highest BCUT2D eigenvalue weighted by atomic mass is 16.2. The summed E-state index contributed by atoms with van der Waals surface area (Å²) in [5.41, 5.74) is 2.02. The summed E-state index contributed by atoms with van der Waals surface area (Å²) in [4.78, 5) is 26.2. The molecule has 4 heteroatoms. The molecule has 0 saturated heterocycles. The maximum absolute atomic E-state index is 12.4. The zero-order chi connectivity index (χ0) is 14.7. The van der Waals surface area contributed by atoms with Crippen LogP contribution in [0, 0.1) is 0 Å². The van der Waals surface area contributed by atoms with E-state index in [1.54, 1.807) is 11.8 Å². The van der Waals surface area contributed by atoms with Crippen LogP contribution in [0.25, 0.3) is 0 Å². The van der Waals surface area contributed by atoms with Gasteiger partial charge in [0, 0.05) is 18.2 Å². The zero-order valence-electron chi connectivity index (χ0n) is 12.3. The number of benzene rings is 1. The van der Waals surface area contributed by atoms with Crippen LogP contribution in [0.1, 0.15) is 39.2 Å². The van der Waals surface area contributed by atoms with Crippen molar-refractivity contribution in [1.29, 1.82) is 0 Å². The number of hydrogen-bond donors (Lipinski definition) is 1. The Morgan fingerprint density at radius 3 is 2.60 bits per heavy atom. The summed E-state index contributed by atoms with van der Waals surface area (Å²) in [6, 6.07) is 7.45. The van der Waals surface area contributed by atoms with E-state index in [4.69, 9.17) is 0 Å². The van der Waals surface area contributed by atoms with Gasteiger partial charge in [-0.1, -0.05) is 18.2 Å². The molecule has 20 heavy (non-hydrogen) atoms. The van der Waals surface area contributed by atoms with E-state index in [1.165, 1.54) is 0 Å². The lowest BCUT2D eigenvalue weighted by atomic mass is 10.1. The number of fused-ring (bicyclic) bond motifs is 1. The van der Waals surface area contributed by atoms with Gasteiger partial charge in [-0.3, -0.25) is 14.5 Å². The van der Waals surface area contributed by atoms with Crippen LogP contribution in [0.3, 0.4) is 0 Å². The van der Waals surface area contributed by atoms with E-state index in [2.05, 4.69) is 5.32 Å². The van der Waals surface area contributed by atoms with Gasteiger partial charge in [-0.2, -0.15) is 0 Å². The highest BCUT2D eigenvalue weighted by Gasteiger charge is 2.30. The van der Waals surface area contributed by atoms with Crippen molar-refractivity contribution in [1.82, 2.24) is 5.32 Å². The van der Waals surface area contributed by atoms with Crippen LogP contribution in [0.2, 0.25) is 0 Å². The van der Waals surface area contributed by atoms with Crippen molar-refractivity contribution >= 4 is 17.5 Å². The fourth-order valence-electron chi connectivity index (χ4n) is 2.59. The average Bonchev–Trinajstić information content (AvgIpc) is 2.55. The summed E-state index contributed by atoms with van der Waals surface area (Å²) in [6.07, 6.45) is 2.22. The van der Waals surface area contributed by atoms with E-state index in [-0.39, 0.29) is 17.9 Å². The van der Waals surface area contributed by atoms with Crippen LogP contribution in [0.4, 0.5) is 5.69 Å². The van der Waals surface area contributed by atoms with Crippen molar-refractivity contribution in [2.24, 2.45) is 0 Å². The molecule has 1 N–H and O–H groups in total. The Morgan fingerprint density at radius 1 is 1.20 bits per heavy atom. The average molecular weight is 274 g/mol. The monoisotopic (exact) mass is 274 g/mol. The SMILES string of the molecule is CC(C)NC(=O)[C@@H](C)N1C(=O)CCCc2ccccc21. The van der Waals surface area contributed by atoms with E-state index >= 15 is 0 Å². The summed E-state index contributed by atoms with van der Waals surface area (Å²) in [7, 11) is 0. The van der Waals surface area contributed by atoms with Crippen molar-refractivity contribution < 1.29 is 9.59 Å². The Morgan fingerprint density at radius 2 is 1.90 bits per heavy atom. The number of nitrogens with zero attached hydrogens (tertiary/aromatic N) is 1. The number of nitrogens with one attached hydrogen (secondary N) is 1. The van der Waals surface area contributed by atoms with Crippen molar-refractivity contribution in [2.75, 3.05) is 4.90 Å². The predicted molar refractivity (Wildman–Crippen MR) is 79.6 cm³/mol. The number of carbonyl (C=O) groups excluding carboxylic acids is 2. The summed E-state index contributed by atoms with van der Waals surface area (Å²) >= 11 is 0. The van der Waals surface area contributed by atoms with Crippen LogP contribution in [-0.2, 0) is 16.0 Å². The van der Waals surface area contributed by atoms with Gasteiger partial charge in [-0.25, -0.2) is 0 Å². The van der Waals surface area contributed by atoms with Crippen LogP contribution in [-0.4, -0.2) is 23.9 Å². The number of amides is 2. The normalized spacial score (nSPS) is 16.6. The molecule has 0 saturated carbocycles. The van der Waals surface area contributed by atoms with Gasteiger partial charge in [0.25, 0.3) is 0 Å². The smallest absolute Gasteiger partial charge is 0.243 e. The number of rotatable bonds is 3. The third kappa shape index (κ3) is 3.00. The Labute approximate surface area is 120 Å². The molecule has 1 aliphatic rings. The number of carbonyl (C=O) groups is 2. The second-order valence-corrected chi connectivity index (χ2v) is 5.59. The fourth-order valence-corrected chi connectivity index (χ4v) is 2.59. The second-order valence-electron chi connectivity index (χ2n) is 5.59. The van der Waals surface area contributed by atoms with E-state index < -0.39 is 6.04 Å². The number of anilines is 1. The van der Waals surface area contributed by atoms with Crippen molar-refractivity contribution in [2.45, 2.75) is 52.1 Å². The molecule has 1 aromatic carbocycles. The molecular weight excluding hydrogens is 252 g/mol. The van der Waals surface area contributed by atoms with Crippen molar-refractivity contribution in [3.8, 4) is 0 Å². The zero-order valence-corrected chi connectivity index (χ0v) is 12.3. The Hall–Kier alpha value is -1.84. The Bertz CT molecular complexity index is 511. The molecule has 108 valence electrons. The van der Waals surface area contributed by atoms with Crippen molar-refractivity contribution in [3.63, 3.8) is 0 Å². The third-order valence-corrected chi connectivity index (χ3v) is 3.55. The maximum Gasteiger partial charge on any atom is 0.243 e. The van der Waals surface area contributed by atoms with E-state index in [9.17, 15) is 9.59 Å². The summed E-state index contributed by atoms with van der Waals surface area (Å²) in [5.74, 6) is -0.0774. The molecule has 1 aliphatic heterocycles. The molecule has 1 aromatic rings. The molecule has 0 bridgehead atoms. The van der Waals surface area contributed by atoms with E-state index in [0.717, 1.165) is 24.1 Å². The van der Waals surface area contributed by atoms with Crippen LogP contribution < -0.4 is 10.2 Å². The Kier molecular flexibility index (Phi) is 4.42. The number of aryl methyl sites for hydroxylation is 1. The molecule has 1 heterocycles. The topological polar surface area (TPSA) is 49.4 Å². The highest BCUT2D eigenvalue weighted by Crippen LogP contribution is 2.28. The predicted octanol–water partition coefficient (Wildman–Crippen LogP) is 2.27. The molecule has 0 fully saturated rings. The Balaban J connectivity index is 2.32. The van der Waals surface area contributed by atoms with Crippen LogP contribution >= 0.6 is 0 Å². The molecule has 4 nitrogen and oxygen atoms in total. The first kappa shape index (κ1) is 14.6. The fraction of sp³-hybridized carbons (Fsp3) is 0.500. The molecule has 0 unspecified atom stereocenters. The minimum Gasteiger partial charge on any atom is -0.352 e. The quantitative estimate of drug-likeness (QED) is 0.919. The molecular formula is C16H22N2O2. The molecule has 0 aromatic heterocycles.